The number of ether oxygens (including phenoxy) is 1. The van der Waals surface area contributed by atoms with Crippen molar-refractivity contribution in [3.05, 3.63) is 41.2 Å². The van der Waals surface area contributed by atoms with E-state index in [9.17, 15) is 14.0 Å². The number of benzene rings is 1. The van der Waals surface area contributed by atoms with Crippen molar-refractivity contribution in [2.75, 3.05) is 18.6 Å². The SMILES string of the molecule is CN1C(=O)[C@@H](NC(=O)c2n[nH]c3c2CC2(CC3)CC2(C)F)COc2ccccc21. The molecule has 1 saturated carbocycles. The molecule has 2 heterocycles. The van der Waals surface area contributed by atoms with E-state index in [1.54, 1.807) is 26.1 Å². The number of amides is 2. The van der Waals surface area contributed by atoms with Gasteiger partial charge in [0.15, 0.2) is 5.69 Å². The minimum atomic E-state index is -1.19. The Kier molecular flexibility index (Phi) is 3.78. The first-order valence-corrected chi connectivity index (χ1v) is 9.87. The number of para-hydroxylation sites is 2. The summed E-state index contributed by atoms with van der Waals surface area (Å²) >= 11 is 0. The molecular weight excluding hydrogens is 375 g/mol. The molecule has 7 nitrogen and oxygen atoms in total. The first-order valence-electron chi connectivity index (χ1n) is 9.87. The molecule has 2 N–H and O–H groups in total. The van der Waals surface area contributed by atoms with Gasteiger partial charge in [0.05, 0.1) is 5.69 Å². The Labute approximate surface area is 167 Å². The third kappa shape index (κ3) is 2.73. The topological polar surface area (TPSA) is 87.3 Å². The Morgan fingerprint density at radius 1 is 1.41 bits per heavy atom. The van der Waals surface area contributed by atoms with Gasteiger partial charge in [-0.25, -0.2) is 4.39 Å². The van der Waals surface area contributed by atoms with Gasteiger partial charge in [-0.1, -0.05) is 12.1 Å². The quantitative estimate of drug-likeness (QED) is 0.812. The molecule has 0 saturated heterocycles. The van der Waals surface area contributed by atoms with Gasteiger partial charge in [-0.3, -0.25) is 14.7 Å². The van der Waals surface area contributed by atoms with E-state index in [0.29, 0.717) is 30.7 Å². The van der Waals surface area contributed by atoms with E-state index in [2.05, 4.69) is 15.5 Å². The molecule has 1 aromatic carbocycles. The van der Waals surface area contributed by atoms with Crippen LogP contribution >= 0.6 is 0 Å². The number of nitrogens with zero attached hydrogens (tertiary/aromatic N) is 2. The fourth-order valence-corrected chi connectivity index (χ4v) is 4.75. The van der Waals surface area contributed by atoms with Crippen LogP contribution in [0.4, 0.5) is 10.1 Å². The number of anilines is 1. The number of fused-ring (bicyclic) bond motifs is 2. The molecule has 2 amide bonds. The number of aromatic nitrogens is 2. The second-order valence-corrected chi connectivity index (χ2v) is 8.56. The van der Waals surface area contributed by atoms with Crippen LogP contribution in [0.5, 0.6) is 5.75 Å². The summed E-state index contributed by atoms with van der Waals surface area (Å²) in [4.78, 5) is 27.3. The van der Waals surface area contributed by atoms with Crippen molar-refractivity contribution in [2.24, 2.45) is 5.41 Å². The highest BCUT2D eigenvalue weighted by Gasteiger charge is 2.66. The second kappa shape index (κ2) is 6.05. The summed E-state index contributed by atoms with van der Waals surface area (Å²) in [6.07, 6.45) is 2.45. The summed E-state index contributed by atoms with van der Waals surface area (Å²) in [6.45, 7) is 1.66. The van der Waals surface area contributed by atoms with Crippen LogP contribution in [0, 0.1) is 5.41 Å². The molecule has 1 spiro atoms. The Morgan fingerprint density at radius 2 is 2.17 bits per heavy atom. The number of hydrogen-bond acceptors (Lipinski definition) is 4. The molecule has 2 aliphatic carbocycles. The van der Waals surface area contributed by atoms with Gasteiger partial charge in [-0.15, -0.1) is 0 Å². The predicted octanol–water partition coefficient (Wildman–Crippen LogP) is 2.17. The van der Waals surface area contributed by atoms with E-state index >= 15 is 0 Å². The molecule has 3 aliphatic rings. The number of aromatic amines is 1. The molecule has 8 heteroatoms. The third-order valence-corrected chi connectivity index (χ3v) is 6.75. The van der Waals surface area contributed by atoms with Crippen LogP contribution in [0.1, 0.15) is 41.5 Å². The Hall–Kier alpha value is -2.90. The molecule has 0 radical (unpaired) electrons. The minimum Gasteiger partial charge on any atom is -0.489 e. The van der Waals surface area contributed by atoms with Crippen LogP contribution in [0.3, 0.4) is 0 Å². The van der Waals surface area contributed by atoms with Gasteiger partial charge >= 0.3 is 0 Å². The number of aryl methyl sites for hydroxylation is 1. The number of nitrogens with one attached hydrogen (secondary N) is 2. The maximum atomic E-state index is 14.5. The lowest BCUT2D eigenvalue weighted by atomic mass is 9.81. The van der Waals surface area contributed by atoms with Gasteiger partial charge in [-0.2, -0.15) is 5.10 Å². The Bertz CT molecular complexity index is 1020. The highest BCUT2D eigenvalue weighted by Crippen LogP contribution is 2.65. The molecule has 1 aliphatic heterocycles. The van der Waals surface area contributed by atoms with Gasteiger partial charge < -0.3 is 15.0 Å². The number of hydrogen-bond donors (Lipinski definition) is 2. The van der Waals surface area contributed by atoms with Crippen LogP contribution in [-0.4, -0.2) is 47.4 Å². The Morgan fingerprint density at radius 3 is 2.93 bits per heavy atom. The van der Waals surface area contributed by atoms with Crippen LogP contribution in [0.15, 0.2) is 24.3 Å². The highest BCUT2D eigenvalue weighted by atomic mass is 19.1. The fraction of sp³-hybridized carbons (Fsp3) is 0.476. The van der Waals surface area contributed by atoms with Crippen LogP contribution < -0.4 is 15.0 Å². The number of carbonyl (C=O) groups is 2. The van der Waals surface area contributed by atoms with Crippen molar-refractivity contribution in [3.63, 3.8) is 0 Å². The maximum absolute atomic E-state index is 14.5. The number of alkyl halides is 1. The van der Waals surface area contributed by atoms with E-state index in [-0.39, 0.29) is 23.6 Å². The summed E-state index contributed by atoms with van der Waals surface area (Å²) in [5.41, 5.74) is 0.991. The van der Waals surface area contributed by atoms with Crippen LogP contribution in [0.2, 0.25) is 0 Å². The zero-order valence-electron chi connectivity index (χ0n) is 16.4. The molecule has 2 unspecified atom stereocenters. The van der Waals surface area contributed by atoms with E-state index < -0.39 is 17.6 Å². The number of rotatable bonds is 2. The summed E-state index contributed by atoms with van der Waals surface area (Å²) in [7, 11) is 1.66. The van der Waals surface area contributed by atoms with Crippen molar-refractivity contribution in [1.29, 1.82) is 0 Å². The average molecular weight is 398 g/mol. The molecule has 2 aromatic rings. The molecule has 3 atom stereocenters. The molecule has 1 aromatic heterocycles. The highest BCUT2D eigenvalue weighted by molar-refractivity contribution is 6.03. The van der Waals surface area contributed by atoms with Gasteiger partial charge in [0.25, 0.3) is 11.8 Å². The standard InChI is InChI=1S/C21H23FN4O3/c1-20(22)11-21(20)8-7-13-12(9-21)17(25-24-13)18(27)23-14-10-29-16-6-4-3-5-15(16)26(2)19(14)28/h3-6,14H,7-11H2,1-2H3,(H,23,27)(H,24,25)/t14-,20?,21?/m0/s1. The molecule has 29 heavy (non-hydrogen) atoms. The van der Waals surface area contributed by atoms with E-state index in [0.717, 1.165) is 17.7 Å². The van der Waals surface area contributed by atoms with Gasteiger partial charge in [0.1, 0.15) is 24.1 Å². The van der Waals surface area contributed by atoms with Crippen LogP contribution in [0.25, 0.3) is 0 Å². The summed E-state index contributed by atoms with van der Waals surface area (Å²) in [6, 6.07) is 6.41. The van der Waals surface area contributed by atoms with Crippen molar-refractivity contribution in [1.82, 2.24) is 15.5 Å². The van der Waals surface area contributed by atoms with Crippen molar-refractivity contribution in [3.8, 4) is 5.75 Å². The fourth-order valence-electron chi connectivity index (χ4n) is 4.75. The van der Waals surface area contributed by atoms with Gasteiger partial charge in [0.2, 0.25) is 0 Å². The maximum Gasteiger partial charge on any atom is 0.272 e. The smallest absolute Gasteiger partial charge is 0.272 e. The monoisotopic (exact) mass is 398 g/mol. The third-order valence-electron chi connectivity index (χ3n) is 6.75. The van der Waals surface area contributed by atoms with Crippen molar-refractivity contribution >= 4 is 17.5 Å². The number of carbonyl (C=O) groups excluding carboxylic acids is 2. The zero-order valence-corrected chi connectivity index (χ0v) is 16.4. The second-order valence-electron chi connectivity index (χ2n) is 8.56. The molecular formula is C21H23FN4O3. The lowest BCUT2D eigenvalue weighted by molar-refractivity contribution is -0.120. The average Bonchev–Trinajstić information content (AvgIpc) is 3.05. The molecule has 0 bridgehead atoms. The molecule has 5 rings (SSSR count). The minimum absolute atomic E-state index is 0.0328. The largest absolute Gasteiger partial charge is 0.489 e. The van der Waals surface area contributed by atoms with E-state index in [4.69, 9.17) is 4.74 Å². The first kappa shape index (κ1) is 18.1. The number of likely N-dealkylation sites (N-methyl/N-ethyl adjacent to an activating group) is 1. The van der Waals surface area contributed by atoms with Gasteiger partial charge in [0, 0.05) is 23.7 Å². The number of halogens is 1. The number of H-pyrrole nitrogens is 1. The van der Waals surface area contributed by atoms with E-state index in [1.807, 2.05) is 12.1 Å². The van der Waals surface area contributed by atoms with E-state index in [1.165, 1.54) is 4.90 Å². The Balaban J connectivity index is 1.36. The lowest BCUT2D eigenvalue weighted by Crippen LogP contribution is -2.49. The molecule has 152 valence electrons. The normalized spacial score (nSPS) is 30.2. The first-order chi connectivity index (χ1) is 13.8. The van der Waals surface area contributed by atoms with Crippen molar-refractivity contribution < 1.29 is 18.7 Å². The summed E-state index contributed by atoms with van der Waals surface area (Å²) < 4.78 is 20.3. The molecule has 1 fully saturated rings. The predicted molar refractivity (Wildman–Crippen MR) is 104 cm³/mol. The van der Waals surface area contributed by atoms with Gasteiger partial charge in [-0.05, 0) is 44.7 Å². The lowest BCUT2D eigenvalue weighted by Gasteiger charge is -2.24. The van der Waals surface area contributed by atoms with Crippen LogP contribution in [-0.2, 0) is 17.6 Å². The summed E-state index contributed by atoms with van der Waals surface area (Å²) in [5, 5.41) is 9.87. The summed E-state index contributed by atoms with van der Waals surface area (Å²) in [5.74, 6) is -0.111. The zero-order chi connectivity index (χ0) is 20.4. The van der Waals surface area contributed by atoms with Crippen molar-refractivity contribution in [2.45, 2.75) is 44.3 Å².